The second kappa shape index (κ2) is 20.1. The molecule has 0 radical (unpaired) electrons. The molecule has 0 aliphatic rings. The Hall–Kier alpha value is 1.58. The van der Waals surface area contributed by atoms with Crippen LogP contribution in [0.1, 0.15) is 0 Å². The molecule has 14 heavy (non-hydrogen) atoms. The van der Waals surface area contributed by atoms with Crippen molar-refractivity contribution in [1.82, 2.24) is 10.6 Å². The fourth-order valence-corrected chi connectivity index (χ4v) is 2.72. The molecule has 6 heteroatoms. The van der Waals surface area contributed by atoms with Crippen molar-refractivity contribution in [3.05, 3.63) is 0 Å². The molecule has 0 heterocycles. The molecule has 0 aromatic heterocycles. The highest BCUT2D eigenvalue weighted by molar-refractivity contribution is 8.93. The summed E-state index contributed by atoms with van der Waals surface area (Å²) < 4.78 is 0. The van der Waals surface area contributed by atoms with Crippen molar-refractivity contribution in [3.63, 3.8) is 0 Å². The minimum Gasteiger partial charge on any atom is -0.319 e. The van der Waals surface area contributed by atoms with Crippen molar-refractivity contribution in [3.8, 4) is 0 Å². The van der Waals surface area contributed by atoms with Crippen LogP contribution in [0.2, 0.25) is 0 Å². The molecule has 0 unspecified atom stereocenters. The molecule has 0 aromatic rings. The second-order valence-corrected chi connectivity index (χ2v) is 4.88. The Kier molecular flexibility index (Phi) is 30.0. The van der Waals surface area contributed by atoms with E-state index in [4.69, 9.17) is 0 Å². The highest BCUT2D eigenvalue weighted by Crippen LogP contribution is 2.05. The molecule has 0 spiro atoms. The summed E-state index contributed by atoms with van der Waals surface area (Å²) in [5.74, 6) is 5.05. The number of rotatable bonds is 9. The van der Waals surface area contributed by atoms with Crippen LogP contribution in [0.5, 0.6) is 0 Å². The van der Waals surface area contributed by atoms with Gasteiger partial charge < -0.3 is 10.6 Å². The Morgan fingerprint density at radius 1 is 0.714 bits per heavy atom. The van der Waals surface area contributed by atoms with Gasteiger partial charge in [0, 0.05) is 36.1 Å². The zero-order valence-corrected chi connectivity index (χ0v) is 13.9. The summed E-state index contributed by atoms with van der Waals surface area (Å²) in [7, 11) is 4.00. The van der Waals surface area contributed by atoms with E-state index in [9.17, 15) is 0 Å². The van der Waals surface area contributed by atoms with Crippen molar-refractivity contribution >= 4 is 57.5 Å². The molecule has 0 aromatic carbocycles. The maximum absolute atomic E-state index is 3.14. The van der Waals surface area contributed by atoms with Crippen LogP contribution in [0.25, 0.3) is 0 Å². The molecule has 2 N–H and O–H groups in total. The fourth-order valence-electron chi connectivity index (χ4n) is 0.670. The van der Waals surface area contributed by atoms with Gasteiger partial charge >= 0.3 is 0 Å². The van der Waals surface area contributed by atoms with Crippen LogP contribution >= 0.6 is 57.5 Å². The summed E-state index contributed by atoms with van der Waals surface area (Å²) in [5, 5.41) is 6.28. The van der Waals surface area contributed by atoms with Gasteiger partial charge in [-0.15, -0.1) is 34.0 Å². The van der Waals surface area contributed by atoms with Gasteiger partial charge in [0.1, 0.15) is 0 Å². The normalized spacial score (nSPS) is 9.00. The number of halogens is 2. The van der Waals surface area contributed by atoms with E-state index in [0.717, 1.165) is 13.1 Å². The molecule has 0 fully saturated rings. The van der Waals surface area contributed by atoms with Crippen LogP contribution in [0, 0.1) is 0 Å². The van der Waals surface area contributed by atoms with Crippen LogP contribution in [0.3, 0.4) is 0 Å². The molecule has 0 aliphatic heterocycles. The first-order chi connectivity index (χ1) is 5.91. The first-order valence-corrected chi connectivity index (χ1v) is 6.67. The Labute approximate surface area is 118 Å². The lowest BCUT2D eigenvalue weighted by atomic mass is 10.8. The van der Waals surface area contributed by atoms with Crippen molar-refractivity contribution in [1.29, 1.82) is 0 Å². The van der Waals surface area contributed by atoms with Gasteiger partial charge in [-0.25, -0.2) is 0 Å². The van der Waals surface area contributed by atoms with E-state index in [0.29, 0.717) is 0 Å². The van der Waals surface area contributed by atoms with Crippen molar-refractivity contribution in [2.75, 3.05) is 50.2 Å². The molecule has 0 aliphatic carbocycles. The van der Waals surface area contributed by atoms with Gasteiger partial charge in [-0.2, -0.15) is 23.5 Å². The lowest BCUT2D eigenvalue weighted by Crippen LogP contribution is -2.11. The highest BCUT2D eigenvalue weighted by atomic mass is 79.9. The van der Waals surface area contributed by atoms with E-state index in [2.05, 4.69) is 10.6 Å². The topological polar surface area (TPSA) is 24.1 Å². The molecule has 0 saturated carbocycles. The van der Waals surface area contributed by atoms with E-state index in [-0.39, 0.29) is 34.0 Å². The molecular weight excluding hydrogens is 348 g/mol. The van der Waals surface area contributed by atoms with Gasteiger partial charge in [0.2, 0.25) is 0 Å². The summed E-state index contributed by atoms with van der Waals surface area (Å²) in [4.78, 5) is 0. The average Bonchev–Trinajstić information content (AvgIpc) is 2.10. The maximum atomic E-state index is 3.14. The van der Waals surface area contributed by atoms with E-state index in [1.165, 1.54) is 23.0 Å². The third kappa shape index (κ3) is 19.2. The summed E-state index contributed by atoms with van der Waals surface area (Å²) in [6, 6.07) is 0. The SMILES string of the molecule is Br.Br.CNCCSCCSCCNC. The minimum absolute atomic E-state index is 0. The van der Waals surface area contributed by atoms with E-state index >= 15 is 0 Å². The van der Waals surface area contributed by atoms with Crippen molar-refractivity contribution < 1.29 is 0 Å². The van der Waals surface area contributed by atoms with E-state index in [1.807, 2.05) is 37.6 Å². The van der Waals surface area contributed by atoms with Gasteiger partial charge in [-0.05, 0) is 14.1 Å². The Bertz CT molecular complexity index is 79.7. The highest BCUT2D eigenvalue weighted by Gasteiger charge is 1.89. The average molecular weight is 370 g/mol. The summed E-state index contributed by atoms with van der Waals surface area (Å²) in [5.41, 5.74) is 0. The maximum Gasteiger partial charge on any atom is 0.00582 e. The van der Waals surface area contributed by atoms with Crippen LogP contribution in [0.15, 0.2) is 0 Å². The predicted molar refractivity (Wildman–Crippen MR) is 83.1 cm³/mol. The smallest absolute Gasteiger partial charge is 0.00582 e. The van der Waals surface area contributed by atoms with Gasteiger partial charge in [0.05, 0.1) is 0 Å². The van der Waals surface area contributed by atoms with Crippen molar-refractivity contribution in [2.45, 2.75) is 0 Å². The first-order valence-electron chi connectivity index (χ1n) is 4.36. The number of nitrogens with one attached hydrogen (secondary N) is 2. The van der Waals surface area contributed by atoms with Gasteiger partial charge in [0.25, 0.3) is 0 Å². The van der Waals surface area contributed by atoms with Crippen LogP contribution in [-0.2, 0) is 0 Å². The van der Waals surface area contributed by atoms with Crippen molar-refractivity contribution in [2.24, 2.45) is 0 Å². The number of thioether (sulfide) groups is 2. The van der Waals surface area contributed by atoms with Crippen LogP contribution in [-0.4, -0.2) is 50.2 Å². The number of hydrogen-bond acceptors (Lipinski definition) is 4. The standard InChI is InChI=1S/C8H20N2S2.2BrH/c1-9-3-5-11-7-8-12-6-4-10-2;;/h9-10H,3-8H2,1-2H3;2*1H. The third-order valence-corrected chi connectivity index (χ3v) is 3.59. The van der Waals surface area contributed by atoms with Crippen LogP contribution < -0.4 is 10.6 Å². The molecule has 0 rings (SSSR count). The Morgan fingerprint density at radius 2 is 1.07 bits per heavy atom. The van der Waals surface area contributed by atoms with Gasteiger partial charge in [-0.1, -0.05) is 0 Å². The Morgan fingerprint density at radius 3 is 1.36 bits per heavy atom. The Balaban J connectivity index is -0.000000605. The monoisotopic (exact) mass is 368 g/mol. The lowest BCUT2D eigenvalue weighted by molar-refractivity contribution is 0.871. The van der Waals surface area contributed by atoms with Gasteiger partial charge in [0.15, 0.2) is 0 Å². The quantitative estimate of drug-likeness (QED) is 0.607. The number of hydrogen-bond donors (Lipinski definition) is 2. The summed E-state index contributed by atoms with van der Waals surface area (Å²) in [6.07, 6.45) is 0. The first kappa shape index (κ1) is 20.9. The molecule has 0 saturated heterocycles. The zero-order chi connectivity index (χ0) is 9.07. The fraction of sp³-hybridized carbons (Fsp3) is 1.00. The molecule has 0 amide bonds. The predicted octanol–water partition coefficient (Wildman–Crippen LogP) is 2.05. The molecule has 2 nitrogen and oxygen atoms in total. The van der Waals surface area contributed by atoms with Crippen LogP contribution in [0.4, 0.5) is 0 Å². The van der Waals surface area contributed by atoms with E-state index in [1.54, 1.807) is 0 Å². The third-order valence-electron chi connectivity index (χ3n) is 1.36. The minimum atomic E-state index is 0. The van der Waals surface area contributed by atoms with E-state index < -0.39 is 0 Å². The lowest BCUT2D eigenvalue weighted by Gasteiger charge is -2.01. The zero-order valence-electron chi connectivity index (χ0n) is 8.88. The molecular formula is C8H22Br2N2S2. The summed E-state index contributed by atoms with van der Waals surface area (Å²) in [6.45, 7) is 2.26. The second-order valence-electron chi connectivity index (χ2n) is 2.43. The van der Waals surface area contributed by atoms with Gasteiger partial charge in [-0.3, -0.25) is 0 Å². The largest absolute Gasteiger partial charge is 0.319 e. The molecule has 90 valence electrons. The summed E-state index contributed by atoms with van der Waals surface area (Å²) >= 11 is 4.06. The molecule has 0 atom stereocenters. The molecule has 0 bridgehead atoms.